The third-order valence-corrected chi connectivity index (χ3v) is 3.96. The molecule has 3 rings (SSSR count). The van der Waals surface area contributed by atoms with E-state index in [2.05, 4.69) is 4.98 Å². The summed E-state index contributed by atoms with van der Waals surface area (Å²) in [4.78, 5) is 16.2. The molecular weight excluding hydrogens is 295 g/mol. The number of aromatic nitrogens is 1. The molecule has 0 aliphatic heterocycles. The standard InChI is InChI=1S/C18H17FN2O2/c1-21(2)17(11-3-5-12(6-4-11)18(22)23)15-10-20-16-8-7-13(19)9-14(15)16/h3-10,17,20H,1-2H3,(H,22,23). The number of rotatable bonds is 4. The van der Waals surface area contributed by atoms with E-state index < -0.39 is 5.97 Å². The van der Waals surface area contributed by atoms with Gasteiger partial charge in [0.1, 0.15) is 5.82 Å². The molecule has 23 heavy (non-hydrogen) atoms. The monoisotopic (exact) mass is 312 g/mol. The van der Waals surface area contributed by atoms with E-state index in [1.807, 2.05) is 25.2 Å². The van der Waals surface area contributed by atoms with Crippen molar-refractivity contribution < 1.29 is 14.3 Å². The number of H-pyrrole nitrogens is 1. The molecule has 0 saturated heterocycles. The van der Waals surface area contributed by atoms with Gasteiger partial charge in [0.05, 0.1) is 11.6 Å². The van der Waals surface area contributed by atoms with Gasteiger partial charge in [-0.25, -0.2) is 9.18 Å². The average Bonchev–Trinajstić information content (AvgIpc) is 2.91. The van der Waals surface area contributed by atoms with Crippen LogP contribution in [-0.2, 0) is 0 Å². The first kappa shape index (κ1) is 15.2. The van der Waals surface area contributed by atoms with Crippen LogP contribution >= 0.6 is 0 Å². The Balaban J connectivity index is 2.10. The van der Waals surface area contributed by atoms with Crippen LogP contribution in [0.1, 0.15) is 27.5 Å². The Hall–Kier alpha value is -2.66. The molecule has 1 atom stereocenters. The van der Waals surface area contributed by atoms with Crippen molar-refractivity contribution in [3.05, 3.63) is 71.2 Å². The van der Waals surface area contributed by atoms with Crippen molar-refractivity contribution in [3.8, 4) is 0 Å². The fraction of sp³-hybridized carbons (Fsp3) is 0.167. The van der Waals surface area contributed by atoms with Crippen molar-refractivity contribution in [3.63, 3.8) is 0 Å². The summed E-state index contributed by atoms with van der Waals surface area (Å²) in [5.74, 6) is -1.23. The zero-order valence-electron chi connectivity index (χ0n) is 12.9. The smallest absolute Gasteiger partial charge is 0.335 e. The van der Waals surface area contributed by atoms with Crippen LogP contribution in [0.3, 0.4) is 0 Å². The Bertz CT molecular complexity index is 853. The first-order chi connectivity index (χ1) is 11.0. The quantitative estimate of drug-likeness (QED) is 0.773. The lowest BCUT2D eigenvalue weighted by molar-refractivity contribution is 0.0697. The summed E-state index contributed by atoms with van der Waals surface area (Å²) in [6.07, 6.45) is 1.87. The van der Waals surface area contributed by atoms with Gasteiger partial charge in [-0.05, 0) is 55.6 Å². The summed E-state index contributed by atoms with van der Waals surface area (Å²) in [7, 11) is 3.88. The minimum absolute atomic E-state index is 0.103. The SMILES string of the molecule is CN(C)C(c1ccc(C(=O)O)cc1)c1c[nH]c2ccc(F)cc12. The van der Waals surface area contributed by atoms with E-state index in [0.717, 1.165) is 22.0 Å². The highest BCUT2D eigenvalue weighted by Gasteiger charge is 2.20. The zero-order chi connectivity index (χ0) is 16.6. The third kappa shape index (κ3) is 2.83. The fourth-order valence-corrected chi connectivity index (χ4v) is 2.90. The van der Waals surface area contributed by atoms with Gasteiger partial charge < -0.3 is 10.1 Å². The summed E-state index contributed by atoms with van der Waals surface area (Å²) in [6.45, 7) is 0. The van der Waals surface area contributed by atoms with Crippen molar-refractivity contribution in [2.24, 2.45) is 0 Å². The van der Waals surface area contributed by atoms with Gasteiger partial charge >= 0.3 is 5.97 Å². The number of hydrogen-bond donors (Lipinski definition) is 2. The Morgan fingerprint density at radius 3 is 2.48 bits per heavy atom. The molecule has 0 fully saturated rings. The number of carboxylic acids is 1. The molecule has 5 heteroatoms. The minimum atomic E-state index is -0.952. The van der Waals surface area contributed by atoms with Crippen molar-refractivity contribution in [2.75, 3.05) is 14.1 Å². The van der Waals surface area contributed by atoms with Gasteiger partial charge in [0.2, 0.25) is 0 Å². The fourth-order valence-electron chi connectivity index (χ4n) is 2.90. The number of halogens is 1. The summed E-state index contributed by atoms with van der Waals surface area (Å²) in [5.41, 5.74) is 3.02. The van der Waals surface area contributed by atoms with E-state index >= 15 is 0 Å². The molecule has 3 aromatic rings. The molecule has 0 bridgehead atoms. The van der Waals surface area contributed by atoms with E-state index in [0.29, 0.717) is 0 Å². The van der Waals surface area contributed by atoms with Gasteiger partial charge in [0, 0.05) is 17.1 Å². The molecule has 1 aromatic heterocycles. The molecule has 0 aliphatic rings. The number of nitrogens with zero attached hydrogens (tertiary/aromatic N) is 1. The maximum Gasteiger partial charge on any atom is 0.335 e. The molecule has 1 heterocycles. The second-order valence-corrected chi connectivity index (χ2v) is 5.73. The van der Waals surface area contributed by atoms with Gasteiger partial charge in [-0.2, -0.15) is 0 Å². The van der Waals surface area contributed by atoms with E-state index in [9.17, 15) is 9.18 Å². The highest BCUT2D eigenvalue weighted by Crippen LogP contribution is 2.32. The van der Waals surface area contributed by atoms with Crippen LogP contribution in [0.25, 0.3) is 10.9 Å². The van der Waals surface area contributed by atoms with Crippen LogP contribution in [-0.4, -0.2) is 35.1 Å². The Labute approximate surface area is 133 Å². The lowest BCUT2D eigenvalue weighted by atomic mass is 9.96. The number of aromatic amines is 1. The number of carboxylic acid groups (broad SMARTS) is 1. The van der Waals surface area contributed by atoms with Crippen molar-refractivity contribution in [1.82, 2.24) is 9.88 Å². The topological polar surface area (TPSA) is 56.3 Å². The van der Waals surface area contributed by atoms with Crippen LogP contribution < -0.4 is 0 Å². The van der Waals surface area contributed by atoms with Crippen molar-refractivity contribution >= 4 is 16.9 Å². The van der Waals surface area contributed by atoms with Crippen LogP contribution in [0.5, 0.6) is 0 Å². The van der Waals surface area contributed by atoms with Gasteiger partial charge in [-0.1, -0.05) is 12.1 Å². The zero-order valence-corrected chi connectivity index (χ0v) is 12.9. The highest BCUT2D eigenvalue weighted by molar-refractivity contribution is 5.87. The first-order valence-electron chi connectivity index (χ1n) is 7.23. The summed E-state index contributed by atoms with van der Waals surface area (Å²) < 4.78 is 13.6. The maximum atomic E-state index is 13.6. The summed E-state index contributed by atoms with van der Waals surface area (Å²) in [6, 6.07) is 11.3. The van der Waals surface area contributed by atoms with Crippen LogP contribution in [0.2, 0.25) is 0 Å². The normalized spacial score (nSPS) is 12.7. The lowest BCUT2D eigenvalue weighted by Gasteiger charge is -2.25. The number of carbonyl (C=O) groups is 1. The lowest BCUT2D eigenvalue weighted by Crippen LogP contribution is -2.21. The van der Waals surface area contributed by atoms with Gasteiger partial charge in [0.25, 0.3) is 0 Å². The molecule has 1 unspecified atom stereocenters. The Kier molecular flexibility index (Phi) is 3.88. The van der Waals surface area contributed by atoms with E-state index in [-0.39, 0.29) is 17.4 Å². The number of fused-ring (bicyclic) bond motifs is 1. The predicted octanol–water partition coefficient (Wildman–Crippen LogP) is 3.66. The molecule has 0 radical (unpaired) electrons. The predicted molar refractivity (Wildman–Crippen MR) is 87.2 cm³/mol. The molecule has 118 valence electrons. The highest BCUT2D eigenvalue weighted by atomic mass is 19.1. The van der Waals surface area contributed by atoms with Gasteiger partial charge in [-0.15, -0.1) is 0 Å². The van der Waals surface area contributed by atoms with E-state index in [1.165, 1.54) is 12.1 Å². The number of nitrogens with one attached hydrogen (secondary N) is 1. The molecule has 0 aliphatic carbocycles. The molecule has 2 N–H and O–H groups in total. The third-order valence-electron chi connectivity index (χ3n) is 3.96. The molecule has 0 spiro atoms. The molecule has 4 nitrogen and oxygen atoms in total. The van der Waals surface area contributed by atoms with Crippen LogP contribution in [0, 0.1) is 5.82 Å². The summed E-state index contributed by atoms with van der Waals surface area (Å²) in [5, 5.41) is 9.85. The van der Waals surface area contributed by atoms with Crippen molar-refractivity contribution in [1.29, 1.82) is 0 Å². The van der Waals surface area contributed by atoms with E-state index in [1.54, 1.807) is 30.3 Å². The molecule has 2 aromatic carbocycles. The maximum absolute atomic E-state index is 13.6. The average molecular weight is 312 g/mol. The molecule has 0 saturated carbocycles. The minimum Gasteiger partial charge on any atom is -0.478 e. The van der Waals surface area contributed by atoms with Crippen molar-refractivity contribution in [2.45, 2.75) is 6.04 Å². The Morgan fingerprint density at radius 1 is 1.17 bits per heavy atom. The van der Waals surface area contributed by atoms with Crippen LogP contribution in [0.4, 0.5) is 4.39 Å². The Morgan fingerprint density at radius 2 is 1.87 bits per heavy atom. The molecule has 0 amide bonds. The number of benzene rings is 2. The van der Waals surface area contributed by atoms with E-state index in [4.69, 9.17) is 5.11 Å². The van der Waals surface area contributed by atoms with Gasteiger partial charge in [-0.3, -0.25) is 4.90 Å². The summed E-state index contributed by atoms with van der Waals surface area (Å²) >= 11 is 0. The second-order valence-electron chi connectivity index (χ2n) is 5.73. The number of hydrogen-bond acceptors (Lipinski definition) is 2. The first-order valence-corrected chi connectivity index (χ1v) is 7.23. The number of aromatic carboxylic acids is 1. The largest absolute Gasteiger partial charge is 0.478 e. The van der Waals surface area contributed by atoms with Gasteiger partial charge in [0.15, 0.2) is 0 Å². The van der Waals surface area contributed by atoms with Crippen LogP contribution in [0.15, 0.2) is 48.7 Å². The molecular formula is C18H17FN2O2. The second kappa shape index (κ2) is 5.85.